The normalized spacial score (nSPS) is 30.0. The predicted octanol–water partition coefficient (Wildman–Crippen LogP) is -0.517. The van der Waals surface area contributed by atoms with Crippen LogP contribution in [-0.2, 0) is 0 Å². The Morgan fingerprint density at radius 1 is 0.588 bits per heavy atom. The Kier molecular flexibility index (Phi) is 21.0. The third-order valence-electron chi connectivity index (χ3n) is 8.62. The van der Waals surface area contributed by atoms with Crippen molar-refractivity contribution in [3.63, 3.8) is 0 Å². The maximum absolute atomic E-state index is 2.52. The molecule has 4 nitrogen and oxygen atoms in total. The SMILES string of the molecule is CCCCC1CN(C)CC[N+]1(C)CCCC.CCCCC1CN(C)CC[N+]1(C)CCCC.[Cl-].[Cl-]. The molecule has 6 heteroatoms. The molecule has 4 atom stereocenters. The molecule has 0 aliphatic carbocycles. The fourth-order valence-corrected chi connectivity index (χ4v) is 5.77. The second-order valence-corrected chi connectivity index (χ2v) is 11.7. The molecule has 2 fully saturated rings. The van der Waals surface area contributed by atoms with E-state index in [4.69, 9.17) is 0 Å². The van der Waals surface area contributed by atoms with E-state index in [2.05, 4.69) is 65.7 Å². The van der Waals surface area contributed by atoms with Crippen LogP contribution in [0.25, 0.3) is 0 Å². The molecule has 208 valence electrons. The van der Waals surface area contributed by atoms with Gasteiger partial charge in [0.2, 0.25) is 0 Å². The van der Waals surface area contributed by atoms with Crippen molar-refractivity contribution in [1.29, 1.82) is 0 Å². The molecule has 0 bridgehead atoms. The zero-order chi connectivity index (χ0) is 24.0. The number of nitrogens with zero attached hydrogens (tertiary/aromatic N) is 4. The molecule has 0 aromatic carbocycles. The molecule has 34 heavy (non-hydrogen) atoms. The van der Waals surface area contributed by atoms with Crippen molar-refractivity contribution in [2.75, 3.05) is 80.5 Å². The minimum Gasteiger partial charge on any atom is -1.00 e. The average Bonchev–Trinajstić information content (AvgIpc) is 2.78. The summed E-state index contributed by atoms with van der Waals surface area (Å²) >= 11 is 0. The summed E-state index contributed by atoms with van der Waals surface area (Å²) < 4.78 is 2.66. The van der Waals surface area contributed by atoms with E-state index in [9.17, 15) is 0 Å². The fraction of sp³-hybridized carbons (Fsp3) is 1.00. The van der Waals surface area contributed by atoms with Gasteiger partial charge in [-0.25, -0.2) is 0 Å². The minimum absolute atomic E-state index is 0. The largest absolute Gasteiger partial charge is 1.00 e. The number of halogens is 2. The van der Waals surface area contributed by atoms with E-state index in [0.29, 0.717) is 0 Å². The fourth-order valence-electron chi connectivity index (χ4n) is 5.77. The molecule has 0 amide bonds. The Labute approximate surface area is 227 Å². The zero-order valence-corrected chi connectivity index (χ0v) is 25.9. The highest BCUT2D eigenvalue weighted by Gasteiger charge is 2.37. The van der Waals surface area contributed by atoms with Gasteiger partial charge in [0.05, 0.1) is 53.4 Å². The van der Waals surface area contributed by atoms with Crippen molar-refractivity contribution in [1.82, 2.24) is 9.80 Å². The van der Waals surface area contributed by atoms with E-state index >= 15 is 0 Å². The highest BCUT2D eigenvalue weighted by atomic mass is 35.5. The molecular weight excluding hydrogens is 463 g/mol. The van der Waals surface area contributed by atoms with Gasteiger partial charge >= 0.3 is 0 Å². The van der Waals surface area contributed by atoms with Crippen LogP contribution in [0.5, 0.6) is 0 Å². The van der Waals surface area contributed by atoms with E-state index in [1.807, 2.05) is 0 Å². The Bertz CT molecular complexity index is 431. The molecule has 2 rings (SSSR count). The van der Waals surface area contributed by atoms with Gasteiger partial charge in [0.15, 0.2) is 0 Å². The molecule has 2 aliphatic rings. The summed E-state index contributed by atoms with van der Waals surface area (Å²) in [5.41, 5.74) is 0. The molecule has 0 aromatic rings. The molecule has 2 heterocycles. The zero-order valence-electron chi connectivity index (χ0n) is 24.4. The molecule has 0 radical (unpaired) electrons. The Morgan fingerprint density at radius 3 is 1.21 bits per heavy atom. The van der Waals surface area contributed by atoms with Crippen molar-refractivity contribution >= 4 is 0 Å². The average molecular weight is 526 g/mol. The van der Waals surface area contributed by atoms with Crippen molar-refractivity contribution < 1.29 is 33.8 Å². The number of rotatable bonds is 12. The van der Waals surface area contributed by atoms with Gasteiger partial charge in [0, 0.05) is 25.9 Å². The summed E-state index contributed by atoms with van der Waals surface area (Å²) in [6, 6.07) is 1.76. The highest BCUT2D eigenvalue weighted by molar-refractivity contribution is 4.72. The minimum atomic E-state index is 0. The standard InChI is InChI=1S/2C14H31N2.2ClH/c2*1-5-7-9-14-13-15(3)10-12-16(14,4)11-8-6-2;;/h2*14H,5-13H2,1-4H3;2*1H/q2*+1;;/p-2. The first-order chi connectivity index (χ1) is 15.2. The van der Waals surface area contributed by atoms with E-state index < -0.39 is 0 Å². The van der Waals surface area contributed by atoms with Crippen molar-refractivity contribution in [2.45, 2.75) is 104 Å². The topological polar surface area (TPSA) is 6.48 Å². The van der Waals surface area contributed by atoms with E-state index in [1.165, 1.54) is 126 Å². The second-order valence-electron chi connectivity index (χ2n) is 11.7. The predicted molar refractivity (Wildman–Crippen MR) is 143 cm³/mol. The van der Waals surface area contributed by atoms with Gasteiger partial charge in [0.25, 0.3) is 0 Å². The molecule has 0 N–H and O–H groups in total. The van der Waals surface area contributed by atoms with E-state index in [1.54, 1.807) is 0 Å². The summed E-state index contributed by atoms with van der Waals surface area (Å²) in [5, 5.41) is 0. The van der Waals surface area contributed by atoms with Gasteiger partial charge in [-0.3, -0.25) is 9.80 Å². The van der Waals surface area contributed by atoms with Gasteiger partial charge < -0.3 is 33.8 Å². The van der Waals surface area contributed by atoms with Crippen LogP contribution in [0.2, 0.25) is 0 Å². The number of hydrogen-bond donors (Lipinski definition) is 0. The number of piperazine rings is 2. The summed E-state index contributed by atoms with van der Waals surface area (Å²) in [7, 11) is 9.54. The van der Waals surface area contributed by atoms with Gasteiger partial charge in [-0.1, -0.05) is 53.4 Å². The lowest BCUT2D eigenvalue weighted by atomic mass is 10.0. The van der Waals surface area contributed by atoms with Crippen molar-refractivity contribution in [3.8, 4) is 0 Å². The lowest BCUT2D eigenvalue weighted by Gasteiger charge is -2.47. The first kappa shape index (κ1) is 36.6. The van der Waals surface area contributed by atoms with Gasteiger partial charge in [0.1, 0.15) is 12.1 Å². The molecule has 0 saturated carbocycles. The summed E-state index contributed by atoms with van der Waals surface area (Å²) in [4.78, 5) is 5.04. The number of quaternary nitrogens is 2. The Balaban J connectivity index is 0. The summed E-state index contributed by atoms with van der Waals surface area (Å²) in [5.74, 6) is 0. The van der Waals surface area contributed by atoms with Crippen LogP contribution in [0.1, 0.15) is 91.9 Å². The number of hydrogen-bond acceptors (Lipinski definition) is 2. The molecular formula is C28H62Cl2N4. The van der Waals surface area contributed by atoms with Crippen LogP contribution >= 0.6 is 0 Å². The van der Waals surface area contributed by atoms with Crippen LogP contribution < -0.4 is 24.8 Å². The van der Waals surface area contributed by atoms with Crippen LogP contribution in [0.4, 0.5) is 0 Å². The van der Waals surface area contributed by atoms with Crippen LogP contribution in [0.3, 0.4) is 0 Å². The lowest BCUT2D eigenvalue weighted by Crippen LogP contribution is -3.00. The lowest BCUT2D eigenvalue weighted by molar-refractivity contribution is -0.938. The molecule has 0 aromatic heterocycles. The third-order valence-corrected chi connectivity index (χ3v) is 8.62. The third kappa shape index (κ3) is 12.6. The van der Waals surface area contributed by atoms with Crippen LogP contribution in [-0.4, -0.2) is 111 Å². The maximum atomic E-state index is 2.52. The van der Waals surface area contributed by atoms with Crippen molar-refractivity contribution in [2.24, 2.45) is 0 Å². The number of unbranched alkanes of at least 4 members (excludes halogenated alkanes) is 4. The maximum Gasteiger partial charge on any atom is 0.102 e. The van der Waals surface area contributed by atoms with Gasteiger partial charge in [-0.15, -0.1) is 0 Å². The van der Waals surface area contributed by atoms with Crippen LogP contribution in [0, 0.1) is 0 Å². The van der Waals surface area contributed by atoms with E-state index in [0.717, 1.165) is 12.1 Å². The van der Waals surface area contributed by atoms with Gasteiger partial charge in [-0.05, 0) is 39.8 Å². The second kappa shape index (κ2) is 19.5. The number of likely N-dealkylation sites (N-methyl/N-ethyl adjacent to an activating group) is 4. The van der Waals surface area contributed by atoms with E-state index in [-0.39, 0.29) is 24.8 Å². The summed E-state index contributed by atoms with van der Waals surface area (Å²) in [6.07, 6.45) is 13.8. The first-order valence-corrected chi connectivity index (χ1v) is 14.3. The quantitative estimate of drug-likeness (QED) is 0.317. The van der Waals surface area contributed by atoms with Crippen molar-refractivity contribution in [3.05, 3.63) is 0 Å². The highest BCUT2D eigenvalue weighted by Crippen LogP contribution is 2.23. The Morgan fingerprint density at radius 2 is 0.912 bits per heavy atom. The molecule has 2 saturated heterocycles. The first-order valence-electron chi connectivity index (χ1n) is 14.3. The smallest absolute Gasteiger partial charge is 0.102 e. The molecule has 2 aliphatic heterocycles. The Hall–Kier alpha value is 0.420. The molecule has 4 unspecified atom stereocenters. The monoisotopic (exact) mass is 524 g/mol. The van der Waals surface area contributed by atoms with Gasteiger partial charge in [-0.2, -0.15) is 0 Å². The van der Waals surface area contributed by atoms with Crippen LogP contribution in [0.15, 0.2) is 0 Å². The molecule has 0 spiro atoms. The summed E-state index contributed by atoms with van der Waals surface area (Å²) in [6.45, 7) is 19.9.